The van der Waals surface area contributed by atoms with Gasteiger partial charge in [-0.15, -0.1) is 0 Å². The van der Waals surface area contributed by atoms with Gasteiger partial charge in [0.1, 0.15) is 0 Å². The second kappa shape index (κ2) is 6.16. The first-order chi connectivity index (χ1) is 11.0. The molecule has 4 nitrogen and oxygen atoms in total. The Labute approximate surface area is 131 Å². The van der Waals surface area contributed by atoms with Crippen LogP contribution in [0.25, 0.3) is 0 Å². The van der Waals surface area contributed by atoms with Gasteiger partial charge in [0.2, 0.25) is 5.91 Å². The van der Waals surface area contributed by atoms with E-state index >= 15 is 0 Å². The molecule has 1 aliphatic rings. The molecule has 0 unspecified atom stereocenters. The van der Waals surface area contributed by atoms with Gasteiger partial charge in [0.25, 0.3) is 5.91 Å². The summed E-state index contributed by atoms with van der Waals surface area (Å²) >= 11 is 0. The zero-order valence-electron chi connectivity index (χ0n) is 12.1. The number of benzene rings is 2. The van der Waals surface area contributed by atoms with Gasteiger partial charge in [0.05, 0.1) is 0 Å². The van der Waals surface area contributed by atoms with Crippen molar-refractivity contribution in [2.75, 3.05) is 10.6 Å². The minimum absolute atomic E-state index is 0.0102. The highest BCUT2D eigenvalue weighted by molar-refractivity contribution is 6.04. The molecule has 6 heteroatoms. The molecule has 118 valence electrons. The molecule has 0 radical (unpaired) electrons. The van der Waals surface area contributed by atoms with E-state index in [1.165, 1.54) is 6.07 Å². The summed E-state index contributed by atoms with van der Waals surface area (Å²) in [5, 5.41) is 5.25. The number of halogens is 2. The molecule has 0 heterocycles. The van der Waals surface area contributed by atoms with Gasteiger partial charge in [-0.05, 0) is 49.2 Å². The Balaban J connectivity index is 1.64. The van der Waals surface area contributed by atoms with Crippen LogP contribution >= 0.6 is 0 Å². The van der Waals surface area contributed by atoms with Crippen molar-refractivity contribution < 1.29 is 18.4 Å². The minimum atomic E-state index is -1.03. The van der Waals surface area contributed by atoms with Crippen molar-refractivity contribution in [3.05, 3.63) is 59.7 Å². The molecular weight excluding hydrogens is 302 g/mol. The number of amides is 2. The standard InChI is InChI=1S/C17H14F2N2O2/c18-14-8-7-13(9-15(14)19)21-17(23)11-3-5-12(6-4-11)20-16(22)10-1-2-10/h3-10H,1-2H2,(H,20,22)(H,21,23). The third-order valence-corrected chi connectivity index (χ3v) is 3.54. The van der Waals surface area contributed by atoms with Gasteiger partial charge in [-0.25, -0.2) is 8.78 Å². The summed E-state index contributed by atoms with van der Waals surface area (Å²) in [7, 11) is 0. The number of rotatable bonds is 4. The molecule has 0 aromatic heterocycles. The van der Waals surface area contributed by atoms with E-state index < -0.39 is 17.5 Å². The van der Waals surface area contributed by atoms with Gasteiger partial charge in [0.15, 0.2) is 11.6 Å². The molecule has 1 aliphatic carbocycles. The van der Waals surface area contributed by atoms with E-state index in [-0.39, 0.29) is 17.5 Å². The molecule has 0 saturated heterocycles. The molecule has 2 aromatic rings. The molecule has 0 atom stereocenters. The third-order valence-electron chi connectivity index (χ3n) is 3.54. The number of anilines is 2. The van der Waals surface area contributed by atoms with Crippen molar-refractivity contribution in [2.45, 2.75) is 12.8 Å². The molecule has 1 fully saturated rings. The highest BCUT2D eigenvalue weighted by Gasteiger charge is 2.29. The van der Waals surface area contributed by atoms with E-state index in [0.29, 0.717) is 11.3 Å². The van der Waals surface area contributed by atoms with Crippen LogP contribution in [0.5, 0.6) is 0 Å². The molecule has 1 saturated carbocycles. The number of carbonyl (C=O) groups is 2. The summed E-state index contributed by atoms with van der Waals surface area (Å²) in [5.74, 6) is -2.36. The summed E-state index contributed by atoms with van der Waals surface area (Å²) < 4.78 is 26.0. The Morgan fingerprint density at radius 2 is 1.52 bits per heavy atom. The van der Waals surface area contributed by atoms with Crippen LogP contribution in [0.4, 0.5) is 20.2 Å². The predicted octanol–water partition coefficient (Wildman–Crippen LogP) is 3.57. The zero-order chi connectivity index (χ0) is 16.4. The lowest BCUT2D eigenvalue weighted by Gasteiger charge is -2.07. The largest absolute Gasteiger partial charge is 0.326 e. The van der Waals surface area contributed by atoms with Crippen LogP contribution in [0.1, 0.15) is 23.2 Å². The summed E-state index contributed by atoms with van der Waals surface area (Å²) in [6, 6.07) is 9.50. The fourth-order valence-electron chi connectivity index (χ4n) is 2.07. The fourth-order valence-corrected chi connectivity index (χ4v) is 2.07. The quantitative estimate of drug-likeness (QED) is 0.906. The van der Waals surface area contributed by atoms with Crippen LogP contribution in [0.2, 0.25) is 0 Å². The van der Waals surface area contributed by atoms with E-state index in [2.05, 4.69) is 10.6 Å². The normalized spacial score (nSPS) is 13.5. The number of carbonyl (C=O) groups excluding carboxylic acids is 2. The second-order valence-corrected chi connectivity index (χ2v) is 5.42. The average Bonchev–Trinajstić information content (AvgIpc) is 3.36. The number of hydrogen-bond acceptors (Lipinski definition) is 2. The van der Waals surface area contributed by atoms with E-state index in [1.54, 1.807) is 24.3 Å². The molecule has 0 aliphatic heterocycles. The summed E-state index contributed by atoms with van der Waals surface area (Å²) in [4.78, 5) is 23.7. The number of hydrogen-bond donors (Lipinski definition) is 2. The van der Waals surface area contributed by atoms with E-state index in [1.807, 2.05) is 0 Å². The van der Waals surface area contributed by atoms with E-state index in [9.17, 15) is 18.4 Å². The first kappa shape index (κ1) is 15.1. The molecule has 2 amide bonds. The molecule has 0 bridgehead atoms. The maximum absolute atomic E-state index is 13.1. The topological polar surface area (TPSA) is 58.2 Å². The van der Waals surface area contributed by atoms with E-state index in [0.717, 1.165) is 25.0 Å². The monoisotopic (exact) mass is 316 g/mol. The lowest BCUT2D eigenvalue weighted by Crippen LogP contribution is -2.14. The van der Waals surface area contributed by atoms with Crippen molar-refractivity contribution in [2.24, 2.45) is 5.92 Å². The summed E-state index contributed by atoms with van der Waals surface area (Å²) in [6.45, 7) is 0. The maximum atomic E-state index is 13.1. The van der Waals surface area contributed by atoms with Crippen molar-refractivity contribution in [1.82, 2.24) is 0 Å². The summed E-state index contributed by atoms with van der Waals surface area (Å²) in [6.07, 6.45) is 1.83. The van der Waals surface area contributed by atoms with Crippen molar-refractivity contribution >= 4 is 23.2 Å². The molecule has 3 rings (SSSR count). The lowest BCUT2D eigenvalue weighted by molar-refractivity contribution is -0.117. The van der Waals surface area contributed by atoms with Crippen LogP contribution < -0.4 is 10.6 Å². The zero-order valence-corrected chi connectivity index (χ0v) is 12.1. The van der Waals surface area contributed by atoms with Gasteiger partial charge in [-0.1, -0.05) is 0 Å². The molecule has 2 N–H and O–H groups in total. The van der Waals surface area contributed by atoms with Crippen LogP contribution in [-0.4, -0.2) is 11.8 Å². The first-order valence-electron chi connectivity index (χ1n) is 7.20. The Bertz CT molecular complexity index is 756. The van der Waals surface area contributed by atoms with Crippen LogP contribution in [0.15, 0.2) is 42.5 Å². The Morgan fingerprint density at radius 3 is 2.13 bits per heavy atom. The van der Waals surface area contributed by atoms with Crippen molar-refractivity contribution in [3.8, 4) is 0 Å². The molecule has 2 aromatic carbocycles. The van der Waals surface area contributed by atoms with Gasteiger partial charge < -0.3 is 10.6 Å². The van der Waals surface area contributed by atoms with Crippen molar-refractivity contribution in [1.29, 1.82) is 0 Å². The Morgan fingerprint density at radius 1 is 0.870 bits per heavy atom. The van der Waals surface area contributed by atoms with Gasteiger partial charge in [-0.3, -0.25) is 9.59 Å². The highest BCUT2D eigenvalue weighted by Crippen LogP contribution is 2.30. The van der Waals surface area contributed by atoms with Crippen LogP contribution in [0, 0.1) is 17.6 Å². The smallest absolute Gasteiger partial charge is 0.255 e. The number of nitrogens with one attached hydrogen (secondary N) is 2. The SMILES string of the molecule is O=C(Nc1ccc(F)c(F)c1)c1ccc(NC(=O)C2CC2)cc1. The molecule has 0 spiro atoms. The fraction of sp³-hybridized carbons (Fsp3) is 0.176. The van der Waals surface area contributed by atoms with Gasteiger partial charge in [0, 0.05) is 28.9 Å². The minimum Gasteiger partial charge on any atom is -0.326 e. The van der Waals surface area contributed by atoms with E-state index in [4.69, 9.17) is 0 Å². The molecule has 23 heavy (non-hydrogen) atoms. The second-order valence-electron chi connectivity index (χ2n) is 5.42. The van der Waals surface area contributed by atoms with Crippen molar-refractivity contribution in [3.63, 3.8) is 0 Å². The summed E-state index contributed by atoms with van der Waals surface area (Å²) in [5.41, 5.74) is 1.13. The van der Waals surface area contributed by atoms with Gasteiger partial charge >= 0.3 is 0 Å². The maximum Gasteiger partial charge on any atom is 0.255 e. The third kappa shape index (κ3) is 3.71. The predicted molar refractivity (Wildman–Crippen MR) is 82.1 cm³/mol. The highest BCUT2D eigenvalue weighted by atomic mass is 19.2. The first-order valence-corrected chi connectivity index (χ1v) is 7.20. The lowest BCUT2D eigenvalue weighted by atomic mass is 10.2. The van der Waals surface area contributed by atoms with Gasteiger partial charge in [-0.2, -0.15) is 0 Å². The Kier molecular flexibility index (Phi) is 4.06. The van der Waals surface area contributed by atoms with Crippen LogP contribution in [-0.2, 0) is 4.79 Å². The average molecular weight is 316 g/mol. The Hall–Kier alpha value is -2.76. The van der Waals surface area contributed by atoms with Crippen LogP contribution in [0.3, 0.4) is 0 Å². The molecular formula is C17H14F2N2O2.